The zero-order valence-electron chi connectivity index (χ0n) is 10.9. The van der Waals surface area contributed by atoms with Crippen molar-refractivity contribution in [3.05, 3.63) is 24.3 Å². The number of hydrogen-bond acceptors (Lipinski definition) is 3. The maximum Gasteiger partial charge on any atom is 0.237 e. The topological polar surface area (TPSA) is 67.4 Å². The van der Waals surface area contributed by atoms with Gasteiger partial charge in [-0.15, -0.1) is 11.6 Å². The van der Waals surface area contributed by atoms with Crippen LogP contribution in [-0.4, -0.2) is 30.8 Å². The second kappa shape index (κ2) is 7.63. The standard InChI is InChI=1S/C13H17ClN2O3/c1-9(14)13(18)15-8-7-12(17)16-10-3-5-11(19-2)6-4-10/h3-6,9H,7-8H2,1-2H3,(H,15,18)(H,16,17)/t9-/m0/s1. The first-order valence-corrected chi connectivity index (χ1v) is 6.32. The highest BCUT2D eigenvalue weighted by Gasteiger charge is 2.09. The molecule has 1 aromatic rings. The summed E-state index contributed by atoms with van der Waals surface area (Å²) in [5.41, 5.74) is 0.683. The third-order valence-corrected chi connectivity index (χ3v) is 2.58. The van der Waals surface area contributed by atoms with Crippen LogP contribution in [-0.2, 0) is 9.59 Å². The third-order valence-electron chi connectivity index (χ3n) is 2.39. The molecule has 1 atom stereocenters. The van der Waals surface area contributed by atoms with Gasteiger partial charge in [0.1, 0.15) is 11.1 Å². The zero-order valence-corrected chi connectivity index (χ0v) is 11.7. The molecule has 0 aliphatic carbocycles. The van der Waals surface area contributed by atoms with Crippen molar-refractivity contribution in [2.45, 2.75) is 18.7 Å². The number of alkyl halides is 1. The molecule has 0 unspecified atom stereocenters. The van der Waals surface area contributed by atoms with Crippen LogP contribution in [0.4, 0.5) is 5.69 Å². The van der Waals surface area contributed by atoms with Crippen LogP contribution in [0, 0.1) is 0 Å². The van der Waals surface area contributed by atoms with Gasteiger partial charge in [0, 0.05) is 18.7 Å². The Morgan fingerprint density at radius 1 is 1.32 bits per heavy atom. The largest absolute Gasteiger partial charge is 0.497 e. The van der Waals surface area contributed by atoms with E-state index in [4.69, 9.17) is 16.3 Å². The van der Waals surface area contributed by atoms with Crippen molar-refractivity contribution in [3.8, 4) is 5.75 Å². The SMILES string of the molecule is COc1ccc(NC(=O)CCNC(=O)[C@H](C)Cl)cc1. The Morgan fingerprint density at radius 3 is 2.47 bits per heavy atom. The van der Waals surface area contributed by atoms with E-state index in [0.717, 1.165) is 5.75 Å². The lowest BCUT2D eigenvalue weighted by molar-refractivity contribution is -0.120. The van der Waals surface area contributed by atoms with Gasteiger partial charge in [-0.3, -0.25) is 9.59 Å². The van der Waals surface area contributed by atoms with Crippen molar-refractivity contribution in [1.29, 1.82) is 0 Å². The molecular formula is C13H17ClN2O3. The molecule has 0 spiro atoms. The molecule has 5 nitrogen and oxygen atoms in total. The van der Waals surface area contributed by atoms with E-state index in [0.29, 0.717) is 5.69 Å². The average Bonchev–Trinajstić information content (AvgIpc) is 2.39. The van der Waals surface area contributed by atoms with Crippen LogP contribution in [0.15, 0.2) is 24.3 Å². The van der Waals surface area contributed by atoms with Crippen molar-refractivity contribution >= 4 is 29.1 Å². The Hall–Kier alpha value is -1.75. The van der Waals surface area contributed by atoms with Gasteiger partial charge in [-0.25, -0.2) is 0 Å². The summed E-state index contributed by atoms with van der Waals surface area (Å²) in [5, 5.41) is 4.69. The van der Waals surface area contributed by atoms with Crippen molar-refractivity contribution < 1.29 is 14.3 Å². The van der Waals surface area contributed by atoms with Gasteiger partial charge in [0.25, 0.3) is 0 Å². The van der Waals surface area contributed by atoms with E-state index in [-0.39, 0.29) is 24.8 Å². The Morgan fingerprint density at radius 2 is 1.95 bits per heavy atom. The Labute approximate surface area is 117 Å². The lowest BCUT2D eigenvalue weighted by Gasteiger charge is -2.08. The molecule has 0 aliphatic heterocycles. The number of benzene rings is 1. The average molecular weight is 285 g/mol. The van der Waals surface area contributed by atoms with Gasteiger partial charge >= 0.3 is 0 Å². The summed E-state index contributed by atoms with van der Waals surface area (Å²) in [4.78, 5) is 22.8. The van der Waals surface area contributed by atoms with Gasteiger partial charge in [-0.05, 0) is 31.2 Å². The minimum atomic E-state index is -0.593. The van der Waals surface area contributed by atoms with Crippen LogP contribution in [0.2, 0.25) is 0 Å². The van der Waals surface area contributed by atoms with Gasteiger partial charge < -0.3 is 15.4 Å². The predicted molar refractivity (Wildman–Crippen MR) is 74.6 cm³/mol. The number of anilines is 1. The first-order valence-electron chi connectivity index (χ1n) is 5.88. The van der Waals surface area contributed by atoms with Crippen LogP contribution in [0.3, 0.4) is 0 Å². The molecule has 0 bridgehead atoms. The Balaban J connectivity index is 2.32. The fourth-order valence-electron chi connectivity index (χ4n) is 1.34. The molecule has 0 radical (unpaired) electrons. The monoisotopic (exact) mass is 284 g/mol. The molecule has 104 valence electrons. The molecule has 2 N–H and O–H groups in total. The number of halogens is 1. The first kappa shape index (κ1) is 15.3. The molecule has 2 amide bonds. The van der Waals surface area contributed by atoms with E-state index >= 15 is 0 Å². The van der Waals surface area contributed by atoms with Crippen molar-refractivity contribution in [3.63, 3.8) is 0 Å². The van der Waals surface area contributed by atoms with Gasteiger partial charge in [0.2, 0.25) is 11.8 Å². The number of carbonyl (C=O) groups excluding carboxylic acids is 2. The van der Waals surface area contributed by atoms with Crippen LogP contribution < -0.4 is 15.4 Å². The molecule has 1 rings (SSSR count). The van der Waals surface area contributed by atoms with E-state index < -0.39 is 5.38 Å². The molecule has 0 saturated carbocycles. The predicted octanol–water partition coefficient (Wildman–Crippen LogP) is 1.77. The summed E-state index contributed by atoms with van der Waals surface area (Å²) in [5.74, 6) is 0.271. The number of nitrogens with one attached hydrogen (secondary N) is 2. The van der Waals surface area contributed by atoms with E-state index in [1.807, 2.05) is 0 Å². The molecule has 0 fully saturated rings. The summed E-state index contributed by atoms with van der Waals surface area (Å²) < 4.78 is 5.02. The summed E-state index contributed by atoms with van der Waals surface area (Å²) in [6.07, 6.45) is 0.196. The second-order valence-corrected chi connectivity index (χ2v) is 4.59. The molecular weight excluding hydrogens is 268 g/mol. The third kappa shape index (κ3) is 5.61. The lowest BCUT2D eigenvalue weighted by atomic mass is 10.3. The fraction of sp³-hybridized carbons (Fsp3) is 0.385. The molecule has 1 aromatic carbocycles. The lowest BCUT2D eigenvalue weighted by Crippen LogP contribution is -2.32. The van der Waals surface area contributed by atoms with Crippen LogP contribution in [0.1, 0.15) is 13.3 Å². The molecule has 0 aliphatic rings. The van der Waals surface area contributed by atoms with Gasteiger partial charge in [0.05, 0.1) is 7.11 Å². The number of ether oxygens (including phenoxy) is 1. The van der Waals surface area contributed by atoms with E-state index in [9.17, 15) is 9.59 Å². The summed E-state index contributed by atoms with van der Waals surface area (Å²) in [6, 6.07) is 7.01. The van der Waals surface area contributed by atoms with Crippen molar-refractivity contribution in [2.75, 3.05) is 19.0 Å². The van der Waals surface area contributed by atoms with Crippen LogP contribution in [0.25, 0.3) is 0 Å². The minimum Gasteiger partial charge on any atom is -0.497 e. The highest BCUT2D eigenvalue weighted by molar-refractivity contribution is 6.30. The molecule has 0 aromatic heterocycles. The molecule has 0 saturated heterocycles. The Bertz CT molecular complexity index is 432. The number of amides is 2. The summed E-state index contributed by atoms with van der Waals surface area (Å²) in [6.45, 7) is 1.84. The number of rotatable bonds is 6. The highest BCUT2D eigenvalue weighted by Crippen LogP contribution is 2.14. The van der Waals surface area contributed by atoms with Gasteiger partial charge in [-0.2, -0.15) is 0 Å². The van der Waals surface area contributed by atoms with Crippen molar-refractivity contribution in [1.82, 2.24) is 5.32 Å². The minimum absolute atomic E-state index is 0.173. The van der Waals surface area contributed by atoms with Crippen molar-refractivity contribution in [2.24, 2.45) is 0 Å². The number of carbonyl (C=O) groups is 2. The summed E-state index contributed by atoms with van der Waals surface area (Å²) in [7, 11) is 1.58. The number of methoxy groups -OCH3 is 1. The van der Waals surface area contributed by atoms with E-state index in [1.165, 1.54) is 0 Å². The van der Waals surface area contributed by atoms with Gasteiger partial charge in [-0.1, -0.05) is 0 Å². The smallest absolute Gasteiger partial charge is 0.237 e. The molecule has 19 heavy (non-hydrogen) atoms. The number of hydrogen-bond donors (Lipinski definition) is 2. The molecule has 6 heteroatoms. The summed E-state index contributed by atoms with van der Waals surface area (Å²) >= 11 is 5.58. The first-order chi connectivity index (χ1) is 9.02. The Kier molecular flexibility index (Phi) is 6.15. The zero-order chi connectivity index (χ0) is 14.3. The molecule has 0 heterocycles. The highest BCUT2D eigenvalue weighted by atomic mass is 35.5. The second-order valence-electron chi connectivity index (χ2n) is 3.93. The normalized spacial score (nSPS) is 11.5. The van der Waals surface area contributed by atoms with E-state index in [1.54, 1.807) is 38.3 Å². The quantitative estimate of drug-likeness (QED) is 0.782. The maximum absolute atomic E-state index is 11.6. The van der Waals surface area contributed by atoms with E-state index in [2.05, 4.69) is 10.6 Å². The fourth-order valence-corrected chi connectivity index (χ4v) is 1.41. The van der Waals surface area contributed by atoms with Gasteiger partial charge in [0.15, 0.2) is 0 Å². The maximum atomic E-state index is 11.6. The van der Waals surface area contributed by atoms with Crippen LogP contribution in [0.5, 0.6) is 5.75 Å². The van der Waals surface area contributed by atoms with Crippen LogP contribution >= 0.6 is 11.6 Å².